The van der Waals surface area contributed by atoms with E-state index in [4.69, 9.17) is 10.2 Å². The molecule has 0 aliphatic heterocycles. The molecule has 0 aromatic rings. The zero-order chi connectivity index (χ0) is 15.5. The first kappa shape index (κ1) is 28.0. The van der Waals surface area contributed by atoms with Crippen molar-refractivity contribution in [2.75, 3.05) is 13.2 Å². The van der Waals surface area contributed by atoms with Crippen LogP contribution in [0.5, 0.6) is 0 Å². The molecule has 0 bridgehead atoms. The van der Waals surface area contributed by atoms with Crippen molar-refractivity contribution in [1.82, 2.24) is 0 Å². The number of carboxylic acids is 1. The molecule has 1 radical (unpaired) electrons. The van der Waals surface area contributed by atoms with Crippen molar-refractivity contribution in [3.05, 3.63) is 0 Å². The Morgan fingerprint density at radius 1 is 0.900 bits per heavy atom. The fourth-order valence-corrected chi connectivity index (χ4v) is 0.844. The molecular weight excluding hydrogens is 296 g/mol. The first-order valence-corrected chi connectivity index (χ1v) is 6.93. The number of aliphatic hydroxyl groups excluding tert-OH is 2. The number of ketones is 1. The Kier molecular flexibility index (Phi) is 38.1. The number of hydrogen-bond acceptors (Lipinski definition) is 5. The molecule has 2 N–H and O–H groups in total. The van der Waals surface area contributed by atoms with E-state index in [-0.39, 0.29) is 27.5 Å². The van der Waals surface area contributed by atoms with Gasteiger partial charge in [-0.05, 0) is 19.3 Å². The van der Waals surface area contributed by atoms with Crippen molar-refractivity contribution in [2.45, 2.75) is 65.7 Å². The standard InChI is InChI=1S/C6H10O3.2C4H10O.Ti/c1-2-3-5(7)4-6(8)9;2*1-2-3-4-5;/h2-4H2,1H3,(H,8,9);2*5H,2-4H2,1H3;/q;;;+1/p-1. The zero-order valence-corrected chi connectivity index (χ0v) is 14.5. The molecule has 0 saturated carbocycles. The van der Waals surface area contributed by atoms with Crippen LogP contribution in [0.15, 0.2) is 0 Å². The number of unbranched alkanes of at least 4 members (excludes halogenated alkanes) is 2. The predicted octanol–water partition coefficient (Wildman–Crippen LogP) is 1.05. The van der Waals surface area contributed by atoms with E-state index in [0.29, 0.717) is 26.1 Å². The van der Waals surface area contributed by atoms with Crippen molar-refractivity contribution < 1.29 is 46.6 Å². The molecule has 0 aliphatic carbocycles. The molecule has 0 aromatic heterocycles. The molecule has 0 unspecified atom stereocenters. The van der Waals surface area contributed by atoms with Crippen molar-refractivity contribution >= 4 is 11.8 Å². The first-order chi connectivity index (χ1) is 8.99. The van der Waals surface area contributed by atoms with E-state index in [0.717, 1.165) is 25.7 Å². The Balaban J connectivity index is -0.000000101. The van der Waals surface area contributed by atoms with Gasteiger partial charge in [-0.1, -0.05) is 33.6 Å². The van der Waals surface area contributed by atoms with Gasteiger partial charge in [-0.2, -0.15) is 0 Å². The number of aliphatic hydroxyl groups is 2. The van der Waals surface area contributed by atoms with Gasteiger partial charge in [-0.3, -0.25) is 4.79 Å². The van der Waals surface area contributed by atoms with Crippen molar-refractivity contribution in [3.8, 4) is 0 Å². The van der Waals surface area contributed by atoms with E-state index < -0.39 is 12.4 Å². The van der Waals surface area contributed by atoms with E-state index >= 15 is 0 Å². The smallest absolute Gasteiger partial charge is 0.550 e. The first-order valence-electron chi connectivity index (χ1n) is 6.93. The molecule has 6 heteroatoms. The summed E-state index contributed by atoms with van der Waals surface area (Å²) in [4.78, 5) is 20.2. The van der Waals surface area contributed by atoms with Crippen LogP contribution >= 0.6 is 0 Å². The van der Waals surface area contributed by atoms with Crippen molar-refractivity contribution in [1.29, 1.82) is 0 Å². The van der Waals surface area contributed by atoms with Gasteiger partial charge < -0.3 is 20.1 Å². The van der Waals surface area contributed by atoms with E-state index in [1.165, 1.54) is 0 Å². The van der Waals surface area contributed by atoms with Gasteiger partial charge in [0.1, 0.15) is 5.78 Å². The second-order valence-corrected chi connectivity index (χ2v) is 3.99. The molecule has 119 valence electrons. The molecule has 0 aliphatic rings. The normalized spacial score (nSPS) is 8.25. The second kappa shape index (κ2) is 27.2. The van der Waals surface area contributed by atoms with E-state index in [1.54, 1.807) is 0 Å². The summed E-state index contributed by atoms with van der Waals surface area (Å²) in [6.45, 7) is 6.62. The third-order valence-corrected chi connectivity index (χ3v) is 1.89. The van der Waals surface area contributed by atoms with Crippen LogP contribution in [0.3, 0.4) is 0 Å². The van der Waals surface area contributed by atoms with Gasteiger partial charge in [0, 0.05) is 32.0 Å². The summed E-state index contributed by atoms with van der Waals surface area (Å²) in [7, 11) is 0. The van der Waals surface area contributed by atoms with Crippen molar-refractivity contribution in [3.63, 3.8) is 0 Å². The van der Waals surface area contributed by atoms with Gasteiger partial charge in [0.2, 0.25) is 0 Å². The Morgan fingerprint density at radius 3 is 1.45 bits per heavy atom. The van der Waals surface area contributed by atoms with Gasteiger partial charge >= 0.3 is 21.7 Å². The maximum Gasteiger partial charge on any atom is 1.00 e. The summed E-state index contributed by atoms with van der Waals surface area (Å²) in [6, 6.07) is 0. The van der Waals surface area contributed by atoms with E-state index in [9.17, 15) is 14.7 Å². The third-order valence-electron chi connectivity index (χ3n) is 1.89. The SMILES string of the molecule is CCCC(=O)CC(=O)[O-].CCCCO.CCCCO.[Ti+]. The topological polar surface area (TPSA) is 97.7 Å². The summed E-state index contributed by atoms with van der Waals surface area (Å²) in [5.41, 5.74) is 0. The predicted molar refractivity (Wildman–Crippen MR) is 73.5 cm³/mol. The summed E-state index contributed by atoms with van der Waals surface area (Å²) >= 11 is 0. The molecule has 0 fully saturated rings. The minimum Gasteiger partial charge on any atom is -0.550 e. The number of carboxylic acid groups (broad SMARTS) is 1. The molecule has 0 heterocycles. The van der Waals surface area contributed by atoms with Gasteiger partial charge in [-0.15, -0.1) is 0 Å². The number of carbonyl (C=O) groups excluding carboxylic acids is 2. The fraction of sp³-hybridized carbons (Fsp3) is 0.857. The Labute approximate surface area is 137 Å². The fourth-order valence-electron chi connectivity index (χ4n) is 0.844. The van der Waals surface area contributed by atoms with Crippen LogP contribution in [0.25, 0.3) is 0 Å². The average molecular weight is 325 g/mol. The Morgan fingerprint density at radius 2 is 1.30 bits per heavy atom. The van der Waals surface area contributed by atoms with Crippen LogP contribution in [0.4, 0.5) is 0 Å². The van der Waals surface area contributed by atoms with Gasteiger partial charge in [0.15, 0.2) is 0 Å². The Hall–Kier alpha value is -0.226. The summed E-state index contributed by atoms with van der Waals surface area (Å²) < 4.78 is 0. The number of aliphatic carboxylic acids is 1. The van der Waals surface area contributed by atoms with E-state index in [1.807, 2.05) is 6.92 Å². The number of hydrogen-bond donors (Lipinski definition) is 2. The molecule has 0 aromatic carbocycles. The number of rotatable bonds is 8. The monoisotopic (exact) mass is 325 g/mol. The molecular formula is C14H29O5Ti. The van der Waals surface area contributed by atoms with Gasteiger partial charge in [0.05, 0.1) is 0 Å². The molecule has 0 saturated heterocycles. The van der Waals surface area contributed by atoms with Gasteiger partial charge in [0.25, 0.3) is 0 Å². The van der Waals surface area contributed by atoms with Crippen LogP contribution in [0.2, 0.25) is 0 Å². The molecule has 5 nitrogen and oxygen atoms in total. The molecule has 20 heavy (non-hydrogen) atoms. The average Bonchev–Trinajstić information content (AvgIpc) is 2.32. The van der Waals surface area contributed by atoms with Crippen LogP contribution in [0, 0.1) is 0 Å². The number of Topliss-reactive ketones (excluding diaryl/α,β-unsaturated/α-hetero) is 1. The summed E-state index contributed by atoms with van der Waals surface area (Å²) in [6.07, 6.45) is 4.68. The Bertz CT molecular complexity index is 188. The molecule has 0 atom stereocenters. The van der Waals surface area contributed by atoms with Crippen LogP contribution in [-0.2, 0) is 31.3 Å². The van der Waals surface area contributed by atoms with Gasteiger partial charge in [-0.25, -0.2) is 0 Å². The maximum atomic E-state index is 10.4. The molecule has 0 spiro atoms. The largest absolute Gasteiger partial charge is 1.00 e. The quantitative estimate of drug-likeness (QED) is 0.513. The number of carbonyl (C=O) groups is 2. The van der Waals surface area contributed by atoms with Crippen molar-refractivity contribution in [2.24, 2.45) is 0 Å². The summed E-state index contributed by atoms with van der Waals surface area (Å²) in [5.74, 6) is -1.54. The second-order valence-electron chi connectivity index (χ2n) is 3.99. The van der Waals surface area contributed by atoms with Crippen LogP contribution in [-0.4, -0.2) is 35.2 Å². The van der Waals surface area contributed by atoms with Crippen LogP contribution in [0.1, 0.15) is 65.7 Å². The molecule has 0 rings (SSSR count). The third kappa shape index (κ3) is 43.1. The van der Waals surface area contributed by atoms with E-state index in [2.05, 4.69) is 13.8 Å². The maximum absolute atomic E-state index is 10.4. The minimum absolute atomic E-state index is 0. The minimum atomic E-state index is -1.28. The summed E-state index contributed by atoms with van der Waals surface area (Å²) in [5, 5.41) is 25.9. The molecule has 0 amide bonds. The zero-order valence-electron chi connectivity index (χ0n) is 13.0. The van der Waals surface area contributed by atoms with Crippen LogP contribution < -0.4 is 5.11 Å².